The van der Waals surface area contributed by atoms with Crippen LogP contribution in [0.3, 0.4) is 0 Å². The number of aryl methyl sites for hydroxylation is 1. The van der Waals surface area contributed by atoms with E-state index in [0.29, 0.717) is 6.04 Å². The van der Waals surface area contributed by atoms with Crippen LogP contribution in [0.1, 0.15) is 42.7 Å². The summed E-state index contributed by atoms with van der Waals surface area (Å²) in [5.41, 5.74) is 6.23. The van der Waals surface area contributed by atoms with Crippen LogP contribution in [0.5, 0.6) is 0 Å². The predicted octanol–water partition coefficient (Wildman–Crippen LogP) is 3.15. The van der Waals surface area contributed by atoms with E-state index in [1.54, 1.807) is 11.1 Å². The van der Waals surface area contributed by atoms with Gasteiger partial charge in [0.15, 0.2) is 0 Å². The Morgan fingerprint density at radius 3 is 3.05 bits per heavy atom. The summed E-state index contributed by atoms with van der Waals surface area (Å²) in [5.74, 6) is 8.16. The molecule has 1 aromatic carbocycles. The highest BCUT2D eigenvalue weighted by Gasteiger charge is 2.55. The maximum absolute atomic E-state index is 5.79. The number of hydrogen-bond acceptors (Lipinski definition) is 2. The molecular formula is C17H24N2. The van der Waals surface area contributed by atoms with E-state index in [1.165, 1.54) is 25.7 Å². The molecule has 4 unspecified atom stereocenters. The average Bonchev–Trinajstić information content (AvgIpc) is 3.18. The van der Waals surface area contributed by atoms with Crippen LogP contribution in [0.2, 0.25) is 0 Å². The second kappa shape index (κ2) is 5.48. The molecule has 2 nitrogen and oxygen atoms in total. The van der Waals surface area contributed by atoms with Crippen molar-refractivity contribution in [3.63, 3.8) is 0 Å². The zero-order valence-corrected chi connectivity index (χ0v) is 11.5. The van der Waals surface area contributed by atoms with E-state index in [-0.39, 0.29) is 0 Å². The molecule has 3 N–H and O–H groups in total. The SMILES string of the molecule is C=CCCCC(NN)C1C2CCc3ccccc3C21. The smallest absolute Gasteiger partial charge is 0.0247 e. The van der Waals surface area contributed by atoms with Crippen molar-refractivity contribution < 1.29 is 0 Å². The summed E-state index contributed by atoms with van der Waals surface area (Å²) in [7, 11) is 0. The molecule has 0 aromatic heterocycles. The highest BCUT2D eigenvalue weighted by atomic mass is 15.2. The Labute approximate surface area is 116 Å². The summed E-state index contributed by atoms with van der Waals surface area (Å²) in [6, 6.07) is 9.44. The van der Waals surface area contributed by atoms with Crippen LogP contribution in [0, 0.1) is 11.8 Å². The van der Waals surface area contributed by atoms with Crippen LogP contribution in [0.25, 0.3) is 0 Å². The van der Waals surface area contributed by atoms with Gasteiger partial charge in [0, 0.05) is 6.04 Å². The average molecular weight is 256 g/mol. The second-order valence-corrected chi connectivity index (χ2v) is 6.00. The molecule has 0 aliphatic heterocycles. The van der Waals surface area contributed by atoms with Crippen LogP contribution in [0.4, 0.5) is 0 Å². The molecule has 2 aliphatic rings. The molecular weight excluding hydrogens is 232 g/mol. The van der Waals surface area contributed by atoms with E-state index >= 15 is 0 Å². The molecule has 3 rings (SSSR count). The zero-order chi connectivity index (χ0) is 13.2. The molecule has 0 heterocycles. The fourth-order valence-electron chi connectivity index (χ4n) is 4.04. The Kier molecular flexibility index (Phi) is 3.72. The molecule has 19 heavy (non-hydrogen) atoms. The lowest BCUT2D eigenvalue weighted by atomic mass is 9.92. The van der Waals surface area contributed by atoms with Gasteiger partial charge in [-0.05, 0) is 61.0 Å². The number of hydrazine groups is 1. The Morgan fingerprint density at radius 1 is 1.42 bits per heavy atom. The molecule has 0 radical (unpaired) electrons. The van der Waals surface area contributed by atoms with Crippen LogP contribution in [0.15, 0.2) is 36.9 Å². The summed E-state index contributed by atoms with van der Waals surface area (Å²) in [6.07, 6.45) is 8.04. The summed E-state index contributed by atoms with van der Waals surface area (Å²) in [4.78, 5) is 0. The van der Waals surface area contributed by atoms with Gasteiger partial charge < -0.3 is 0 Å². The van der Waals surface area contributed by atoms with Crippen molar-refractivity contribution in [3.05, 3.63) is 48.0 Å². The zero-order valence-electron chi connectivity index (χ0n) is 11.5. The van der Waals surface area contributed by atoms with Crippen molar-refractivity contribution in [1.29, 1.82) is 0 Å². The first-order valence-corrected chi connectivity index (χ1v) is 7.51. The van der Waals surface area contributed by atoms with Crippen molar-refractivity contribution in [1.82, 2.24) is 5.43 Å². The van der Waals surface area contributed by atoms with Crippen LogP contribution in [-0.2, 0) is 6.42 Å². The van der Waals surface area contributed by atoms with E-state index in [9.17, 15) is 0 Å². The minimum Gasteiger partial charge on any atom is -0.271 e. The minimum atomic E-state index is 0.473. The third-order valence-electron chi connectivity index (χ3n) is 4.99. The summed E-state index contributed by atoms with van der Waals surface area (Å²) >= 11 is 0. The number of nitrogens with two attached hydrogens (primary N) is 1. The molecule has 0 amide bonds. The van der Waals surface area contributed by atoms with E-state index < -0.39 is 0 Å². The number of allylic oxidation sites excluding steroid dienone is 1. The van der Waals surface area contributed by atoms with Crippen molar-refractivity contribution in [2.24, 2.45) is 17.7 Å². The highest BCUT2D eigenvalue weighted by molar-refractivity contribution is 5.40. The van der Waals surface area contributed by atoms with Crippen LogP contribution in [-0.4, -0.2) is 6.04 Å². The third-order valence-corrected chi connectivity index (χ3v) is 4.99. The molecule has 2 aliphatic carbocycles. The van der Waals surface area contributed by atoms with Gasteiger partial charge in [0.2, 0.25) is 0 Å². The fraction of sp³-hybridized carbons (Fsp3) is 0.529. The first kappa shape index (κ1) is 12.9. The first-order valence-electron chi connectivity index (χ1n) is 7.51. The molecule has 4 atom stereocenters. The lowest BCUT2D eigenvalue weighted by Crippen LogP contribution is -2.37. The number of nitrogens with one attached hydrogen (secondary N) is 1. The molecule has 0 bridgehead atoms. The molecule has 102 valence electrons. The Hall–Kier alpha value is -1.12. The minimum absolute atomic E-state index is 0.473. The lowest BCUT2D eigenvalue weighted by Gasteiger charge is -2.16. The van der Waals surface area contributed by atoms with E-state index in [1.807, 2.05) is 6.08 Å². The van der Waals surface area contributed by atoms with Crippen molar-refractivity contribution in [2.75, 3.05) is 0 Å². The number of rotatable bonds is 6. The largest absolute Gasteiger partial charge is 0.271 e. The van der Waals surface area contributed by atoms with Crippen LogP contribution < -0.4 is 11.3 Å². The quantitative estimate of drug-likeness (QED) is 0.355. The second-order valence-electron chi connectivity index (χ2n) is 6.00. The topological polar surface area (TPSA) is 38.0 Å². The predicted molar refractivity (Wildman–Crippen MR) is 79.6 cm³/mol. The summed E-state index contributed by atoms with van der Waals surface area (Å²) in [6.45, 7) is 3.79. The number of benzene rings is 1. The van der Waals surface area contributed by atoms with Crippen molar-refractivity contribution >= 4 is 0 Å². The van der Waals surface area contributed by atoms with Gasteiger partial charge in [-0.3, -0.25) is 11.3 Å². The molecule has 1 fully saturated rings. The van der Waals surface area contributed by atoms with Gasteiger partial charge >= 0.3 is 0 Å². The maximum Gasteiger partial charge on any atom is 0.0247 e. The molecule has 0 saturated heterocycles. The Morgan fingerprint density at radius 2 is 2.26 bits per heavy atom. The summed E-state index contributed by atoms with van der Waals surface area (Å²) in [5, 5.41) is 0. The number of fused-ring (bicyclic) bond motifs is 3. The van der Waals surface area contributed by atoms with Crippen molar-refractivity contribution in [2.45, 2.75) is 44.1 Å². The lowest BCUT2D eigenvalue weighted by molar-refractivity contribution is 0.410. The number of unbranched alkanes of at least 4 members (excludes halogenated alkanes) is 1. The Balaban J connectivity index is 1.70. The Bertz CT molecular complexity index is 454. The van der Waals surface area contributed by atoms with Gasteiger partial charge in [-0.1, -0.05) is 30.3 Å². The third kappa shape index (κ3) is 2.35. The molecule has 1 saturated carbocycles. The van der Waals surface area contributed by atoms with Crippen molar-refractivity contribution in [3.8, 4) is 0 Å². The molecule has 0 spiro atoms. The van der Waals surface area contributed by atoms with E-state index in [0.717, 1.165) is 24.2 Å². The summed E-state index contributed by atoms with van der Waals surface area (Å²) < 4.78 is 0. The van der Waals surface area contributed by atoms with Gasteiger partial charge in [0.05, 0.1) is 0 Å². The standard InChI is InChI=1S/C17H24N2/c1-2-3-4-9-15(19-18)17-14-11-10-12-7-5-6-8-13(12)16(14)17/h2,5-8,14-17,19H,1,3-4,9-11,18H2. The van der Waals surface area contributed by atoms with Crippen LogP contribution >= 0.6 is 0 Å². The van der Waals surface area contributed by atoms with E-state index in [2.05, 4.69) is 36.3 Å². The monoisotopic (exact) mass is 256 g/mol. The maximum atomic E-state index is 5.79. The van der Waals surface area contributed by atoms with Gasteiger partial charge in [-0.25, -0.2) is 0 Å². The van der Waals surface area contributed by atoms with Gasteiger partial charge in [-0.15, -0.1) is 6.58 Å². The van der Waals surface area contributed by atoms with E-state index in [4.69, 9.17) is 5.84 Å². The highest BCUT2D eigenvalue weighted by Crippen LogP contribution is 2.61. The first-order chi connectivity index (χ1) is 9.36. The molecule has 1 aromatic rings. The molecule has 2 heteroatoms. The van der Waals surface area contributed by atoms with Gasteiger partial charge in [-0.2, -0.15) is 0 Å². The van der Waals surface area contributed by atoms with Gasteiger partial charge in [0.1, 0.15) is 0 Å². The fourth-order valence-corrected chi connectivity index (χ4v) is 4.04. The van der Waals surface area contributed by atoms with Gasteiger partial charge in [0.25, 0.3) is 0 Å². The number of hydrogen-bond donors (Lipinski definition) is 2. The normalized spacial score (nSPS) is 29.2.